The fourth-order valence-electron chi connectivity index (χ4n) is 1.23. The molecule has 4 heteroatoms. The number of aryl methyl sites for hydroxylation is 1. The molecule has 2 rings (SSSR count). The molecular formula is C9H11N3S. The van der Waals surface area contributed by atoms with E-state index < -0.39 is 0 Å². The number of fused-ring (bicyclic) bond motifs is 1. The summed E-state index contributed by atoms with van der Waals surface area (Å²) in [6.07, 6.45) is 6.67. The molecule has 0 aromatic carbocycles. The first-order valence-electron chi connectivity index (χ1n) is 4.17. The Kier molecular flexibility index (Phi) is 2.49. The maximum absolute atomic E-state index is 4.44. The lowest BCUT2D eigenvalue weighted by Crippen LogP contribution is -1.89. The lowest BCUT2D eigenvalue weighted by atomic mass is 10.4. The van der Waals surface area contributed by atoms with E-state index in [2.05, 4.69) is 21.2 Å². The molecule has 0 fully saturated rings. The zero-order valence-corrected chi connectivity index (χ0v) is 8.27. The second kappa shape index (κ2) is 3.79. The van der Waals surface area contributed by atoms with Gasteiger partial charge in [-0.15, -0.1) is 0 Å². The molecule has 0 saturated heterocycles. The summed E-state index contributed by atoms with van der Waals surface area (Å²) in [5.41, 5.74) is 2.03. The van der Waals surface area contributed by atoms with E-state index in [1.54, 1.807) is 6.20 Å². The van der Waals surface area contributed by atoms with Gasteiger partial charge in [0, 0.05) is 18.4 Å². The van der Waals surface area contributed by atoms with Crippen LogP contribution in [-0.4, -0.2) is 27.0 Å². The van der Waals surface area contributed by atoms with E-state index in [0.717, 1.165) is 29.0 Å². The number of pyridine rings is 1. The Balaban J connectivity index is 2.28. The molecule has 0 spiro atoms. The Morgan fingerprint density at radius 2 is 2.46 bits per heavy atom. The third-order valence-corrected chi connectivity index (χ3v) is 2.49. The van der Waals surface area contributed by atoms with Gasteiger partial charge in [-0.3, -0.25) is 4.98 Å². The molecule has 0 unspecified atom stereocenters. The number of thioether (sulfide) groups is 1. The van der Waals surface area contributed by atoms with E-state index in [1.165, 1.54) is 0 Å². The van der Waals surface area contributed by atoms with Crippen LogP contribution in [0.15, 0.2) is 18.5 Å². The second-order valence-electron chi connectivity index (χ2n) is 2.82. The van der Waals surface area contributed by atoms with Crippen LogP contribution in [-0.2, 0) is 6.42 Å². The van der Waals surface area contributed by atoms with Crippen LogP contribution in [0.4, 0.5) is 0 Å². The summed E-state index contributed by atoms with van der Waals surface area (Å²) in [7, 11) is 0. The Morgan fingerprint density at radius 1 is 1.54 bits per heavy atom. The summed E-state index contributed by atoms with van der Waals surface area (Å²) in [6.45, 7) is 0. The summed E-state index contributed by atoms with van der Waals surface area (Å²) in [5.74, 6) is 2.16. The van der Waals surface area contributed by atoms with Crippen molar-refractivity contribution in [2.45, 2.75) is 6.42 Å². The van der Waals surface area contributed by atoms with Crippen LogP contribution in [0.5, 0.6) is 0 Å². The van der Waals surface area contributed by atoms with E-state index in [1.807, 2.05) is 24.0 Å². The maximum atomic E-state index is 4.44. The number of rotatable bonds is 3. The second-order valence-corrected chi connectivity index (χ2v) is 3.80. The van der Waals surface area contributed by atoms with Crippen molar-refractivity contribution in [3.63, 3.8) is 0 Å². The normalized spacial score (nSPS) is 10.8. The highest BCUT2D eigenvalue weighted by Gasteiger charge is 2.00. The number of hydrogen-bond acceptors (Lipinski definition) is 3. The minimum absolute atomic E-state index is 0.996. The highest BCUT2D eigenvalue weighted by atomic mass is 32.2. The lowest BCUT2D eigenvalue weighted by Gasteiger charge is -1.90. The van der Waals surface area contributed by atoms with Gasteiger partial charge in [0.15, 0.2) is 0 Å². The van der Waals surface area contributed by atoms with Crippen molar-refractivity contribution in [2.75, 3.05) is 12.0 Å². The molecule has 0 amide bonds. The fraction of sp³-hybridized carbons (Fsp3) is 0.333. The topological polar surface area (TPSA) is 41.6 Å². The molecule has 3 nitrogen and oxygen atoms in total. The smallest absolute Gasteiger partial charge is 0.108 e. The highest BCUT2D eigenvalue weighted by Crippen LogP contribution is 2.09. The van der Waals surface area contributed by atoms with Gasteiger partial charge in [-0.1, -0.05) is 0 Å². The standard InChI is InChI=1S/C9H11N3S/c1-13-5-3-9-11-7-2-4-10-6-8(7)12-9/h2,4,6H,3,5H2,1H3,(H,11,12). The molecule has 2 aromatic heterocycles. The zero-order chi connectivity index (χ0) is 9.10. The summed E-state index contributed by atoms with van der Waals surface area (Å²) in [5, 5.41) is 0. The number of hydrogen-bond donors (Lipinski definition) is 1. The van der Waals surface area contributed by atoms with Gasteiger partial charge in [0.2, 0.25) is 0 Å². The molecule has 0 aliphatic heterocycles. The third kappa shape index (κ3) is 1.83. The Labute approximate surface area is 81.0 Å². The average Bonchev–Trinajstić information content (AvgIpc) is 2.57. The van der Waals surface area contributed by atoms with Crippen molar-refractivity contribution in [1.29, 1.82) is 0 Å². The van der Waals surface area contributed by atoms with Gasteiger partial charge in [-0.05, 0) is 12.3 Å². The summed E-state index contributed by atoms with van der Waals surface area (Å²) in [6, 6.07) is 1.93. The summed E-state index contributed by atoms with van der Waals surface area (Å²) < 4.78 is 0. The average molecular weight is 193 g/mol. The Morgan fingerprint density at radius 3 is 3.23 bits per heavy atom. The molecule has 0 bridgehead atoms. The van der Waals surface area contributed by atoms with Crippen LogP contribution < -0.4 is 0 Å². The molecule has 13 heavy (non-hydrogen) atoms. The first-order chi connectivity index (χ1) is 6.40. The van der Waals surface area contributed by atoms with Crippen molar-refractivity contribution in [3.05, 3.63) is 24.3 Å². The molecule has 0 atom stereocenters. The summed E-state index contributed by atoms with van der Waals surface area (Å²) >= 11 is 1.83. The summed E-state index contributed by atoms with van der Waals surface area (Å²) in [4.78, 5) is 11.7. The van der Waals surface area contributed by atoms with E-state index in [-0.39, 0.29) is 0 Å². The molecular weight excluding hydrogens is 182 g/mol. The number of nitrogens with zero attached hydrogens (tertiary/aromatic N) is 2. The van der Waals surface area contributed by atoms with E-state index in [9.17, 15) is 0 Å². The van der Waals surface area contributed by atoms with E-state index in [0.29, 0.717) is 0 Å². The maximum Gasteiger partial charge on any atom is 0.108 e. The number of imidazole rings is 1. The highest BCUT2D eigenvalue weighted by molar-refractivity contribution is 7.98. The third-order valence-electron chi connectivity index (χ3n) is 1.88. The van der Waals surface area contributed by atoms with Crippen molar-refractivity contribution in [3.8, 4) is 0 Å². The zero-order valence-electron chi connectivity index (χ0n) is 7.45. The largest absolute Gasteiger partial charge is 0.341 e. The van der Waals surface area contributed by atoms with E-state index >= 15 is 0 Å². The van der Waals surface area contributed by atoms with Gasteiger partial charge in [-0.25, -0.2) is 4.98 Å². The molecule has 0 aliphatic rings. The van der Waals surface area contributed by atoms with Crippen LogP contribution in [0.1, 0.15) is 5.82 Å². The number of aromatic amines is 1. The first-order valence-corrected chi connectivity index (χ1v) is 5.57. The van der Waals surface area contributed by atoms with Gasteiger partial charge in [-0.2, -0.15) is 11.8 Å². The first kappa shape index (κ1) is 8.56. The molecule has 1 N–H and O–H groups in total. The van der Waals surface area contributed by atoms with Gasteiger partial charge in [0.25, 0.3) is 0 Å². The number of nitrogens with one attached hydrogen (secondary N) is 1. The lowest BCUT2D eigenvalue weighted by molar-refractivity contribution is 1.01. The minimum atomic E-state index is 0.996. The SMILES string of the molecule is CSCCc1nc2ccncc2[nH]1. The Hall–Kier alpha value is -1.03. The molecule has 0 saturated carbocycles. The van der Waals surface area contributed by atoms with Gasteiger partial charge in [0.1, 0.15) is 5.82 Å². The molecule has 68 valence electrons. The van der Waals surface area contributed by atoms with Crippen molar-refractivity contribution < 1.29 is 0 Å². The monoisotopic (exact) mass is 193 g/mol. The minimum Gasteiger partial charge on any atom is -0.341 e. The van der Waals surface area contributed by atoms with Gasteiger partial charge >= 0.3 is 0 Å². The van der Waals surface area contributed by atoms with Crippen LogP contribution in [0, 0.1) is 0 Å². The molecule has 0 aliphatic carbocycles. The quantitative estimate of drug-likeness (QED) is 0.809. The number of H-pyrrole nitrogens is 1. The van der Waals surface area contributed by atoms with Crippen molar-refractivity contribution in [2.24, 2.45) is 0 Å². The number of aromatic nitrogens is 3. The Bertz CT molecular complexity index is 363. The molecule has 2 aromatic rings. The predicted octanol–water partition coefficient (Wildman–Crippen LogP) is 1.86. The van der Waals surface area contributed by atoms with Crippen LogP contribution in [0.2, 0.25) is 0 Å². The molecule has 2 heterocycles. The van der Waals surface area contributed by atoms with Crippen molar-refractivity contribution >= 4 is 22.8 Å². The van der Waals surface area contributed by atoms with Crippen LogP contribution in [0.25, 0.3) is 11.0 Å². The van der Waals surface area contributed by atoms with Gasteiger partial charge < -0.3 is 4.98 Å². The van der Waals surface area contributed by atoms with Crippen LogP contribution >= 0.6 is 11.8 Å². The van der Waals surface area contributed by atoms with E-state index in [4.69, 9.17) is 0 Å². The predicted molar refractivity (Wildman–Crippen MR) is 56.0 cm³/mol. The van der Waals surface area contributed by atoms with Gasteiger partial charge in [0.05, 0.1) is 17.2 Å². The van der Waals surface area contributed by atoms with Crippen molar-refractivity contribution in [1.82, 2.24) is 15.0 Å². The van der Waals surface area contributed by atoms with Crippen LogP contribution in [0.3, 0.4) is 0 Å². The fourth-order valence-corrected chi connectivity index (χ4v) is 1.62. The molecule has 0 radical (unpaired) electrons.